The van der Waals surface area contributed by atoms with E-state index in [1.165, 1.54) is 0 Å². The van der Waals surface area contributed by atoms with Crippen LogP contribution in [0.15, 0.2) is 46.8 Å². The van der Waals surface area contributed by atoms with Gasteiger partial charge in [0.05, 0.1) is 12.1 Å². The highest BCUT2D eigenvalue weighted by Crippen LogP contribution is 2.29. The maximum absolute atomic E-state index is 11.2. The number of nitrogens with one attached hydrogen (secondary N) is 1. The van der Waals surface area contributed by atoms with Crippen LogP contribution in [0, 0.1) is 0 Å². The second kappa shape index (κ2) is 4.74. The fraction of sp³-hybridized carbons (Fsp3) is 0.231. The number of hydrogen-bond donors (Lipinski definition) is 4. The zero-order valence-corrected chi connectivity index (χ0v) is 10.4. The minimum atomic E-state index is -1.72. The van der Waals surface area contributed by atoms with Crippen molar-refractivity contribution in [3.8, 4) is 0 Å². The van der Waals surface area contributed by atoms with Gasteiger partial charge in [-0.25, -0.2) is 4.99 Å². The molecule has 0 spiro atoms. The van der Waals surface area contributed by atoms with E-state index >= 15 is 0 Å². The maximum atomic E-state index is 11.2. The molecule has 2 atom stereocenters. The molecule has 6 nitrogen and oxygen atoms in total. The number of allylic oxidation sites excluding steroid dienone is 1. The first-order valence-corrected chi connectivity index (χ1v) is 5.78. The normalized spacial score (nSPS) is 23.9. The molecule has 2 rings (SSSR count). The zero-order chi connectivity index (χ0) is 14.0. The topological polar surface area (TPSA) is 108 Å². The fourth-order valence-electron chi connectivity index (χ4n) is 1.89. The van der Waals surface area contributed by atoms with E-state index in [1.54, 1.807) is 6.92 Å². The Morgan fingerprint density at radius 1 is 1.42 bits per heavy atom. The summed E-state index contributed by atoms with van der Waals surface area (Å²) in [6, 6.07) is 9.20. The van der Waals surface area contributed by atoms with Crippen LogP contribution in [0.1, 0.15) is 18.4 Å². The monoisotopic (exact) mass is 261 g/mol. The Morgan fingerprint density at radius 2 is 2.05 bits per heavy atom. The first kappa shape index (κ1) is 13.1. The molecule has 6 heteroatoms. The van der Waals surface area contributed by atoms with Crippen molar-refractivity contribution >= 4 is 12.1 Å². The zero-order valence-electron chi connectivity index (χ0n) is 10.4. The van der Waals surface area contributed by atoms with Gasteiger partial charge in [0, 0.05) is 0 Å². The Labute approximate surface area is 110 Å². The Balaban J connectivity index is 2.31. The van der Waals surface area contributed by atoms with Gasteiger partial charge in [-0.15, -0.1) is 0 Å². The number of carbonyl (C=O) groups excluding carboxylic acids is 1. The second-order valence-electron chi connectivity index (χ2n) is 4.37. The second-order valence-corrected chi connectivity index (χ2v) is 4.37. The largest absolute Gasteiger partial charge is 0.504 e. The van der Waals surface area contributed by atoms with Gasteiger partial charge in [0.25, 0.3) is 5.91 Å². The predicted octanol–water partition coefficient (Wildman–Crippen LogP) is 0.365. The van der Waals surface area contributed by atoms with Gasteiger partial charge in [-0.2, -0.15) is 0 Å². The lowest BCUT2D eigenvalue weighted by molar-refractivity contribution is -0.116. The number of benzene rings is 1. The van der Waals surface area contributed by atoms with Gasteiger partial charge in [0.1, 0.15) is 5.70 Å². The Bertz CT molecular complexity index is 554. The summed E-state index contributed by atoms with van der Waals surface area (Å²) in [5, 5.41) is 22.4. The average molecular weight is 261 g/mol. The van der Waals surface area contributed by atoms with E-state index in [2.05, 4.69) is 10.3 Å². The van der Waals surface area contributed by atoms with Crippen molar-refractivity contribution in [2.75, 3.05) is 0 Å². The molecule has 19 heavy (non-hydrogen) atoms. The Hall–Kier alpha value is -2.34. The minimum Gasteiger partial charge on any atom is -0.504 e. The molecule has 0 radical (unpaired) electrons. The Kier molecular flexibility index (Phi) is 3.26. The van der Waals surface area contributed by atoms with Crippen molar-refractivity contribution in [3.63, 3.8) is 0 Å². The lowest BCUT2D eigenvalue weighted by Gasteiger charge is -2.34. The molecule has 0 bridgehead atoms. The van der Waals surface area contributed by atoms with Gasteiger partial charge < -0.3 is 21.3 Å². The van der Waals surface area contributed by atoms with Gasteiger partial charge in [-0.3, -0.25) is 4.79 Å². The molecule has 1 aliphatic heterocycles. The van der Waals surface area contributed by atoms with Crippen LogP contribution in [0.25, 0.3) is 0 Å². The number of amides is 1. The molecule has 1 aromatic carbocycles. The molecule has 2 unspecified atom stereocenters. The number of aliphatic hydroxyl groups is 2. The summed E-state index contributed by atoms with van der Waals surface area (Å²) in [6.45, 7) is 1.75. The van der Waals surface area contributed by atoms with Crippen LogP contribution in [0.4, 0.5) is 0 Å². The van der Waals surface area contributed by atoms with Crippen LogP contribution in [-0.4, -0.2) is 28.2 Å². The van der Waals surface area contributed by atoms with Crippen LogP contribution in [-0.2, 0) is 4.79 Å². The lowest BCUT2D eigenvalue weighted by atomic mass is 9.94. The Morgan fingerprint density at radius 3 is 2.63 bits per heavy atom. The molecule has 1 heterocycles. The summed E-state index contributed by atoms with van der Waals surface area (Å²) in [6.07, 6.45) is 1.02. The molecular formula is C13H15N3O3. The SMILES string of the molecule is CC(c1ccccc1)C1(O)N=CC(O)=C(C(N)=O)N1. The molecule has 0 aliphatic carbocycles. The first-order chi connectivity index (χ1) is 8.94. The van der Waals surface area contributed by atoms with Crippen LogP contribution in [0.5, 0.6) is 0 Å². The van der Waals surface area contributed by atoms with Crippen LogP contribution < -0.4 is 11.1 Å². The van der Waals surface area contributed by atoms with E-state index in [0.29, 0.717) is 0 Å². The molecular weight excluding hydrogens is 246 g/mol. The molecule has 0 saturated carbocycles. The summed E-state index contributed by atoms with van der Waals surface area (Å²) in [7, 11) is 0. The number of aliphatic imine (C=N–C) groups is 1. The summed E-state index contributed by atoms with van der Waals surface area (Å²) < 4.78 is 0. The van der Waals surface area contributed by atoms with E-state index in [9.17, 15) is 15.0 Å². The smallest absolute Gasteiger partial charge is 0.268 e. The number of nitrogens with zero attached hydrogens (tertiary/aromatic N) is 1. The van der Waals surface area contributed by atoms with Crippen LogP contribution in [0.2, 0.25) is 0 Å². The lowest BCUT2D eigenvalue weighted by Crippen LogP contribution is -2.52. The standard InChI is InChI=1S/C13H15N3O3/c1-8(9-5-3-2-4-6-9)13(19)15-7-10(17)11(16-13)12(14)18/h2-8,16-17,19H,1H3,(H2,14,18). The number of rotatable bonds is 3. The molecule has 0 fully saturated rings. The maximum Gasteiger partial charge on any atom is 0.268 e. The van der Waals surface area contributed by atoms with E-state index in [1.807, 2.05) is 30.3 Å². The van der Waals surface area contributed by atoms with Crippen molar-refractivity contribution in [1.29, 1.82) is 0 Å². The van der Waals surface area contributed by atoms with E-state index in [-0.39, 0.29) is 5.70 Å². The predicted molar refractivity (Wildman–Crippen MR) is 70.3 cm³/mol. The molecule has 0 aromatic heterocycles. The van der Waals surface area contributed by atoms with Crippen LogP contribution in [0.3, 0.4) is 0 Å². The average Bonchev–Trinajstić information content (AvgIpc) is 2.41. The number of aliphatic hydroxyl groups excluding tert-OH is 1. The van der Waals surface area contributed by atoms with Gasteiger partial charge in [-0.1, -0.05) is 37.3 Å². The number of hydrogen-bond acceptors (Lipinski definition) is 5. The molecule has 1 aromatic rings. The summed E-state index contributed by atoms with van der Waals surface area (Å²) in [5.74, 6) is -3.41. The van der Waals surface area contributed by atoms with Crippen molar-refractivity contribution in [1.82, 2.24) is 5.32 Å². The van der Waals surface area contributed by atoms with E-state index in [0.717, 1.165) is 11.8 Å². The molecule has 100 valence electrons. The third-order valence-corrected chi connectivity index (χ3v) is 3.10. The third kappa shape index (κ3) is 2.43. The van der Waals surface area contributed by atoms with Crippen LogP contribution >= 0.6 is 0 Å². The van der Waals surface area contributed by atoms with Crippen molar-refractivity contribution < 1.29 is 15.0 Å². The molecule has 5 N–H and O–H groups in total. The van der Waals surface area contributed by atoms with E-state index < -0.39 is 23.4 Å². The first-order valence-electron chi connectivity index (χ1n) is 5.78. The number of primary amides is 1. The van der Waals surface area contributed by atoms with Gasteiger partial charge in [0.2, 0.25) is 5.85 Å². The highest BCUT2D eigenvalue weighted by molar-refractivity contribution is 5.98. The van der Waals surface area contributed by atoms with Gasteiger partial charge >= 0.3 is 0 Å². The highest BCUT2D eigenvalue weighted by Gasteiger charge is 2.38. The highest BCUT2D eigenvalue weighted by atomic mass is 16.3. The fourth-order valence-corrected chi connectivity index (χ4v) is 1.89. The third-order valence-electron chi connectivity index (χ3n) is 3.10. The summed E-state index contributed by atoms with van der Waals surface area (Å²) in [4.78, 5) is 15.0. The van der Waals surface area contributed by atoms with Crippen molar-refractivity contribution in [2.45, 2.75) is 18.7 Å². The van der Waals surface area contributed by atoms with Gasteiger partial charge in [0.15, 0.2) is 5.76 Å². The number of carbonyl (C=O) groups is 1. The molecule has 0 saturated heterocycles. The van der Waals surface area contributed by atoms with E-state index in [4.69, 9.17) is 5.73 Å². The quantitative estimate of drug-likeness (QED) is 0.630. The van der Waals surface area contributed by atoms with Crippen molar-refractivity contribution in [3.05, 3.63) is 47.4 Å². The summed E-state index contributed by atoms with van der Waals surface area (Å²) in [5.41, 5.74) is 5.71. The van der Waals surface area contributed by atoms with Crippen molar-refractivity contribution in [2.24, 2.45) is 10.7 Å². The molecule has 1 amide bonds. The molecule has 1 aliphatic rings. The number of nitrogens with two attached hydrogens (primary N) is 1. The minimum absolute atomic E-state index is 0.250. The van der Waals surface area contributed by atoms with Gasteiger partial charge in [-0.05, 0) is 5.56 Å². The summed E-state index contributed by atoms with van der Waals surface area (Å²) >= 11 is 0.